The molecule has 1 fully saturated rings. The molecule has 2 aromatic heterocycles. The first-order chi connectivity index (χ1) is 14.5. The predicted molar refractivity (Wildman–Crippen MR) is 111 cm³/mol. The van der Waals surface area contributed by atoms with E-state index in [-0.39, 0.29) is 35.1 Å². The smallest absolute Gasteiger partial charge is 0.545 e. The number of pyridine rings is 1. The number of hydrogen-bond donors (Lipinski definition) is 0. The number of aryl methyl sites for hydroxylation is 2. The summed E-state index contributed by atoms with van der Waals surface area (Å²) in [6.45, 7) is 5.62. The quantitative estimate of drug-likeness (QED) is 0.437. The van der Waals surface area contributed by atoms with Gasteiger partial charge in [-0.3, -0.25) is 0 Å². The zero-order chi connectivity index (χ0) is 20.8. The monoisotopic (exact) mass is 425 g/mol. The molecule has 0 unspecified atom stereocenters. The van der Waals surface area contributed by atoms with Gasteiger partial charge < -0.3 is 23.8 Å². The fourth-order valence-corrected chi connectivity index (χ4v) is 3.85. The van der Waals surface area contributed by atoms with Gasteiger partial charge in [-0.1, -0.05) is 24.3 Å². The van der Waals surface area contributed by atoms with Crippen molar-refractivity contribution in [2.24, 2.45) is 5.92 Å². The first-order valence-corrected chi connectivity index (χ1v) is 9.87. The third-order valence-corrected chi connectivity index (χ3v) is 5.60. The number of aromatic nitrogens is 1. The van der Waals surface area contributed by atoms with Crippen LogP contribution in [0.1, 0.15) is 21.5 Å². The fraction of sp³-hybridized carbons (Fsp3) is 0.250. The van der Waals surface area contributed by atoms with Crippen molar-refractivity contribution in [2.45, 2.75) is 13.8 Å². The van der Waals surface area contributed by atoms with E-state index in [1.807, 2.05) is 44.2 Å². The second-order valence-electron chi connectivity index (χ2n) is 7.71. The van der Waals surface area contributed by atoms with Crippen LogP contribution < -0.4 is 39.4 Å². The molecule has 0 N–H and O–H groups in total. The molecule has 152 valence electrons. The standard InChI is InChI=1S/C24H21NO5.Na/c1-13-7-8-20(29-12-15-10-28-11-15)21-17(24(26)27)9-18(25-22(13)21)23-14(2)16-5-3-4-6-19(16)30-23;/h3-9,15H,10-12H2,1-2H3,(H,26,27);/q;+1/p-1. The molecule has 0 spiro atoms. The number of carboxylic acids is 1. The molecule has 1 saturated heterocycles. The Morgan fingerprint density at radius 2 is 1.97 bits per heavy atom. The van der Waals surface area contributed by atoms with Crippen LogP contribution in [0.15, 0.2) is 46.9 Å². The van der Waals surface area contributed by atoms with E-state index >= 15 is 0 Å². The van der Waals surface area contributed by atoms with Crippen LogP contribution in [0.2, 0.25) is 0 Å². The summed E-state index contributed by atoms with van der Waals surface area (Å²) in [6, 6.07) is 12.9. The summed E-state index contributed by atoms with van der Waals surface area (Å²) in [5.41, 5.74) is 3.56. The van der Waals surface area contributed by atoms with Gasteiger partial charge in [-0.25, -0.2) is 4.98 Å². The van der Waals surface area contributed by atoms with Crippen molar-refractivity contribution in [3.8, 4) is 17.2 Å². The second-order valence-corrected chi connectivity index (χ2v) is 7.71. The summed E-state index contributed by atoms with van der Waals surface area (Å²) in [4.78, 5) is 16.9. The van der Waals surface area contributed by atoms with Gasteiger partial charge in [-0.2, -0.15) is 0 Å². The molecular weight excluding hydrogens is 405 g/mol. The van der Waals surface area contributed by atoms with E-state index in [1.54, 1.807) is 6.07 Å². The van der Waals surface area contributed by atoms with Crippen LogP contribution in [-0.2, 0) is 4.74 Å². The van der Waals surface area contributed by atoms with Crippen LogP contribution in [-0.4, -0.2) is 30.8 Å². The van der Waals surface area contributed by atoms with Crippen molar-refractivity contribution in [3.63, 3.8) is 0 Å². The largest absolute Gasteiger partial charge is 1.00 e. The topological polar surface area (TPSA) is 84.6 Å². The summed E-state index contributed by atoms with van der Waals surface area (Å²) in [5.74, 6) is 0.0815. The summed E-state index contributed by atoms with van der Waals surface area (Å²) in [5, 5.41) is 13.5. The van der Waals surface area contributed by atoms with Gasteiger partial charge in [0.1, 0.15) is 17.0 Å². The van der Waals surface area contributed by atoms with Gasteiger partial charge in [-0.15, -0.1) is 0 Å². The van der Waals surface area contributed by atoms with E-state index in [0.29, 0.717) is 53.8 Å². The number of rotatable bonds is 5. The number of ether oxygens (including phenoxy) is 2. The number of carboxylic acid groups (broad SMARTS) is 1. The van der Waals surface area contributed by atoms with Gasteiger partial charge in [0.2, 0.25) is 0 Å². The number of fused-ring (bicyclic) bond motifs is 2. The average Bonchev–Trinajstić information content (AvgIpc) is 3.04. The van der Waals surface area contributed by atoms with E-state index in [0.717, 1.165) is 22.1 Å². The number of benzene rings is 2. The van der Waals surface area contributed by atoms with Crippen LogP contribution in [0.3, 0.4) is 0 Å². The molecule has 0 saturated carbocycles. The zero-order valence-electron chi connectivity index (χ0n) is 17.7. The first-order valence-electron chi connectivity index (χ1n) is 9.87. The van der Waals surface area contributed by atoms with E-state index in [2.05, 4.69) is 0 Å². The predicted octanol–water partition coefficient (Wildman–Crippen LogP) is 0.658. The second kappa shape index (κ2) is 8.63. The molecule has 3 heterocycles. The number of carbonyl (C=O) groups is 1. The van der Waals surface area contributed by atoms with Crippen LogP contribution >= 0.6 is 0 Å². The number of hydrogen-bond acceptors (Lipinski definition) is 6. The molecule has 0 radical (unpaired) electrons. The Balaban J connectivity index is 0.00000231. The van der Waals surface area contributed by atoms with Gasteiger partial charge in [0.05, 0.1) is 36.7 Å². The molecule has 1 aliphatic heterocycles. The van der Waals surface area contributed by atoms with Gasteiger partial charge >= 0.3 is 29.6 Å². The SMILES string of the molecule is Cc1c(-c2cc(C(=O)[O-])c3c(OCC4COC4)ccc(C)c3n2)oc2ccccc12.[Na+]. The fourth-order valence-electron chi connectivity index (χ4n) is 3.85. The molecule has 0 atom stereocenters. The minimum atomic E-state index is -1.28. The normalized spacial score (nSPS) is 13.7. The van der Waals surface area contributed by atoms with Gasteiger partial charge in [0.15, 0.2) is 5.76 Å². The van der Waals surface area contributed by atoms with Crippen LogP contribution in [0.5, 0.6) is 5.75 Å². The maximum atomic E-state index is 12.1. The van der Waals surface area contributed by atoms with E-state index in [9.17, 15) is 9.90 Å². The first kappa shape index (κ1) is 21.8. The number of aromatic carboxylic acids is 1. The van der Waals surface area contributed by atoms with Crippen molar-refractivity contribution in [1.29, 1.82) is 0 Å². The van der Waals surface area contributed by atoms with E-state index in [4.69, 9.17) is 18.9 Å². The Hall–Kier alpha value is -2.38. The number of furan rings is 1. The third-order valence-electron chi connectivity index (χ3n) is 5.60. The van der Waals surface area contributed by atoms with E-state index in [1.165, 1.54) is 6.07 Å². The summed E-state index contributed by atoms with van der Waals surface area (Å²) in [6.07, 6.45) is 0. The van der Waals surface area contributed by atoms with Crippen molar-refractivity contribution in [2.75, 3.05) is 19.8 Å². The Kier molecular flexibility index (Phi) is 6.08. The average molecular weight is 425 g/mol. The molecule has 0 aliphatic carbocycles. The Labute approximate surface area is 201 Å². The molecule has 31 heavy (non-hydrogen) atoms. The van der Waals surface area contributed by atoms with Crippen LogP contribution in [0, 0.1) is 19.8 Å². The summed E-state index contributed by atoms with van der Waals surface area (Å²) >= 11 is 0. The maximum absolute atomic E-state index is 12.1. The number of carbonyl (C=O) groups excluding carboxylic acids is 1. The molecule has 6 nitrogen and oxygen atoms in total. The minimum Gasteiger partial charge on any atom is -0.545 e. The maximum Gasteiger partial charge on any atom is 1.00 e. The summed E-state index contributed by atoms with van der Waals surface area (Å²) < 4.78 is 17.2. The molecule has 0 amide bonds. The number of nitrogens with zero attached hydrogens (tertiary/aromatic N) is 1. The molecule has 7 heteroatoms. The Bertz CT molecular complexity index is 1290. The van der Waals surface area contributed by atoms with Crippen molar-refractivity contribution in [3.05, 3.63) is 59.2 Å². The molecule has 2 aromatic carbocycles. The van der Waals surface area contributed by atoms with E-state index < -0.39 is 5.97 Å². The van der Waals surface area contributed by atoms with Gasteiger partial charge in [-0.05, 0) is 37.6 Å². The van der Waals surface area contributed by atoms with Crippen molar-refractivity contribution in [1.82, 2.24) is 4.98 Å². The van der Waals surface area contributed by atoms with Crippen LogP contribution in [0.4, 0.5) is 0 Å². The Morgan fingerprint density at radius 3 is 2.65 bits per heavy atom. The van der Waals surface area contributed by atoms with Crippen LogP contribution in [0.25, 0.3) is 33.3 Å². The van der Waals surface area contributed by atoms with Gasteiger partial charge in [0.25, 0.3) is 0 Å². The zero-order valence-corrected chi connectivity index (χ0v) is 19.7. The summed E-state index contributed by atoms with van der Waals surface area (Å²) in [7, 11) is 0. The Morgan fingerprint density at radius 1 is 1.19 bits per heavy atom. The molecule has 4 aromatic rings. The number of para-hydroxylation sites is 1. The third kappa shape index (κ3) is 3.85. The molecule has 5 rings (SSSR count). The van der Waals surface area contributed by atoms with Crippen molar-refractivity contribution >= 4 is 27.8 Å². The molecule has 0 bridgehead atoms. The van der Waals surface area contributed by atoms with Crippen molar-refractivity contribution < 1.29 is 53.3 Å². The molecular formula is C24H20NNaO5. The van der Waals surface area contributed by atoms with Gasteiger partial charge in [0, 0.05) is 22.4 Å². The minimum absolute atomic E-state index is 0. The molecule has 1 aliphatic rings.